The number of carbonyl (C=O) groups excluding carboxylic acids is 1. The molecule has 5 heteroatoms. The van der Waals surface area contributed by atoms with Gasteiger partial charge in [0, 0.05) is 18.1 Å². The molecular weight excluding hydrogens is 396 g/mol. The number of hydrogen-bond acceptors (Lipinski definition) is 3. The summed E-state index contributed by atoms with van der Waals surface area (Å²) >= 11 is 6.27. The van der Waals surface area contributed by atoms with Gasteiger partial charge in [-0.3, -0.25) is 4.79 Å². The third-order valence-electron chi connectivity index (χ3n) is 5.33. The van der Waals surface area contributed by atoms with E-state index in [2.05, 4.69) is 41.4 Å². The topological polar surface area (TPSA) is 41.6 Å². The first-order valence-corrected chi connectivity index (χ1v) is 10.5. The number of halogens is 1. The van der Waals surface area contributed by atoms with Gasteiger partial charge in [0.2, 0.25) is 5.91 Å². The minimum absolute atomic E-state index is 0.00714. The molecule has 1 aliphatic rings. The lowest BCUT2D eigenvalue weighted by Gasteiger charge is -2.38. The zero-order valence-corrected chi connectivity index (χ0v) is 17.7. The molecule has 4 rings (SSSR count). The summed E-state index contributed by atoms with van der Waals surface area (Å²) in [4.78, 5) is 14.9. The van der Waals surface area contributed by atoms with Crippen LogP contribution >= 0.6 is 11.6 Å². The SMILES string of the molecule is Cc1ccc(CNC(=O)C[C@H]2COc3ccc(Cl)cc3N2Cc2ccccc2)cc1. The number of nitrogens with zero attached hydrogens (tertiary/aromatic N) is 1. The Kier molecular flexibility index (Phi) is 6.24. The first-order chi connectivity index (χ1) is 14.6. The predicted octanol–water partition coefficient (Wildman–Crippen LogP) is 5.12. The van der Waals surface area contributed by atoms with Crippen LogP contribution in [-0.4, -0.2) is 18.6 Å². The number of carbonyl (C=O) groups is 1. The van der Waals surface area contributed by atoms with Gasteiger partial charge in [-0.1, -0.05) is 71.8 Å². The van der Waals surface area contributed by atoms with E-state index in [9.17, 15) is 4.79 Å². The molecule has 4 nitrogen and oxygen atoms in total. The fourth-order valence-corrected chi connectivity index (χ4v) is 3.83. The molecule has 0 saturated carbocycles. The Labute approximate surface area is 182 Å². The quantitative estimate of drug-likeness (QED) is 0.601. The number of ether oxygens (including phenoxy) is 1. The number of benzene rings is 3. The third kappa shape index (κ3) is 4.95. The summed E-state index contributed by atoms with van der Waals surface area (Å²) in [6, 6.07) is 24.0. The average molecular weight is 421 g/mol. The van der Waals surface area contributed by atoms with E-state index < -0.39 is 0 Å². The predicted molar refractivity (Wildman–Crippen MR) is 121 cm³/mol. The van der Waals surface area contributed by atoms with E-state index in [1.807, 2.05) is 48.5 Å². The van der Waals surface area contributed by atoms with Gasteiger partial charge in [-0.2, -0.15) is 0 Å². The monoisotopic (exact) mass is 420 g/mol. The lowest BCUT2D eigenvalue weighted by molar-refractivity contribution is -0.121. The molecule has 30 heavy (non-hydrogen) atoms. The number of rotatable bonds is 6. The van der Waals surface area contributed by atoms with Crippen molar-refractivity contribution in [3.63, 3.8) is 0 Å². The van der Waals surface area contributed by atoms with E-state index in [1.54, 1.807) is 0 Å². The molecule has 1 amide bonds. The van der Waals surface area contributed by atoms with Crippen LogP contribution in [0.3, 0.4) is 0 Å². The number of aryl methyl sites for hydroxylation is 1. The van der Waals surface area contributed by atoms with Crippen molar-refractivity contribution in [2.75, 3.05) is 11.5 Å². The maximum atomic E-state index is 12.7. The molecule has 1 aliphatic heterocycles. The van der Waals surface area contributed by atoms with Crippen molar-refractivity contribution in [2.24, 2.45) is 0 Å². The van der Waals surface area contributed by atoms with E-state index in [0.29, 0.717) is 31.1 Å². The summed E-state index contributed by atoms with van der Waals surface area (Å²) in [6.45, 7) is 3.72. The van der Waals surface area contributed by atoms with E-state index in [-0.39, 0.29) is 11.9 Å². The van der Waals surface area contributed by atoms with Crippen molar-refractivity contribution in [3.05, 3.63) is 94.5 Å². The Morgan fingerprint density at radius 1 is 1.07 bits per heavy atom. The Balaban J connectivity index is 1.48. The minimum Gasteiger partial charge on any atom is -0.489 e. The van der Waals surface area contributed by atoms with Crippen LogP contribution in [0.2, 0.25) is 5.02 Å². The molecular formula is C25H25ClN2O2. The fourth-order valence-electron chi connectivity index (χ4n) is 3.67. The highest BCUT2D eigenvalue weighted by Gasteiger charge is 2.29. The molecule has 1 heterocycles. The molecule has 154 valence electrons. The van der Waals surface area contributed by atoms with Crippen molar-refractivity contribution in [1.29, 1.82) is 0 Å². The highest BCUT2D eigenvalue weighted by atomic mass is 35.5. The van der Waals surface area contributed by atoms with Gasteiger partial charge in [-0.25, -0.2) is 0 Å². The Hall–Kier alpha value is -2.98. The second-order valence-corrected chi connectivity index (χ2v) is 8.09. The summed E-state index contributed by atoms with van der Waals surface area (Å²) in [5.74, 6) is 0.805. The Bertz CT molecular complexity index is 1010. The van der Waals surface area contributed by atoms with Gasteiger partial charge in [0.15, 0.2) is 0 Å². The van der Waals surface area contributed by atoms with Gasteiger partial charge in [-0.15, -0.1) is 0 Å². The molecule has 3 aromatic carbocycles. The van der Waals surface area contributed by atoms with Crippen molar-refractivity contribution in [3.8, 4) is 5.75 Å². The first kappa shape index (κ1) is 20.3. The smallest absolute Gasteiger partial charge is 0.222 e. The number of fused-ring (bicyclic) bond motifs is 1. The van der Waals surface area contributed by atoms with Crippen LogP contribution in [0.5, 0.6) is 5.75 Å². The third-order valence-corrected chi connectivity index (χ3v) is 5.56. The van der Waals surface area contributed by atoms with Crippen molar-refractivity contribution >= 4 is 23.2 Å². The number of hydrogen-bond donors (Lipinski definition) is 1. The molecule has 0 spiro atoms. The van der Waals surface area contributed by atoms with Crippen LogP contribution in [0.15, 0.2) is 72.8 Å². The molecule has 0 bridgehead atoms. The van der Waals surface area contributed by atoms with Gasteiger partial charge in [0.1, 0.15) is 12.4 Å². The molecule has 0 saturated heterocycles. The summed E-state index contributed by atoms with van der Waals surface area (Å²) in [5.41, 5.74) is 4.40. The largest absolute Gasteiger partial charge is 0.489 e. The van der Waals surface area contributed by atoms with E-state index in [4.69, 9.17) is 16.3 Å². The standard InChI is InChI=1S/C25H25ClN2O2/c1-18-7-9-19(10-8-18)15-27-25(29)14-22-17-30-24-12-11-21(26)13-23(24)28(22)16-20-5-3-2-4-6-20/h2-13,22H,14-17H2,1H3,(H,27,29)/t22-/m0/s1. The van der Waals surface area contributed by atoms with Gasteiger partial charge >= 0.3 is 0 Å². The molecule has 0 radical (unpaired) electrons. The lowest BCUT2D eigenvalue weighted by atomic mass is 10.1. The minimum atomic E-state index is -0.0748. The highest BCUT2D eigenvalue weighted by molar-refractivity contribution is 6.31. The van der Waals surface area contributed by atoms with Crippen LogP contribution in [0, 0.1) is 6.92 Å². The van der Waals surface area contributed by atoms with Crippen LogP contribution in [-0.2, 0) is 17.9 Å². The fraction of sp³-hybridized carbons (Fsp3) is 0.240. The maximum absolute atomic E-state index is 12.7. The lowest BCUT2D eigenvalue weighted by Crippen LogP contribution is -2.45. The normalized spacial score (nSPS) is 15.3. The van der Waals surface area contributed by atoms with Gasteiger partial charge in [0.25, 0.3) is 0 Å². The summed E-state index contributed by atoms with van der Waals surface area (Å²) in [6.07, 6.45) is 0.352. The van der Waals surface area contributed by atoms with Crippen LogP contribution < -0.4 is 15.0 Å². The molecule has 0 fully saturated rings. The number of anilines is 1. The Morgan fingerprint density at radius 3 is 2.60 bits per heavy atom. The molecule has 0 aliphatic carbocycles. The first-order valence-electron chi connectivity index (χ1n) is 10.1. The Morgan fingerprint density at radius 2 is 1.83 bits per heavy atom. The molecule has 1 atom stereocenters. The summed E-state index contributed by atoms with van der Waals surface area (Å²) in [5, 5.41) is 3.69. The second-order valence-electron chi connectivity index (χ2n) is 7.66. The van der Waals surface area contributed by atoms with E-state index >= 15 is 0 Å². The molecule has 0 aromatic heterocycles. The molecule has 3 aromatic rings. The van der Waals surface area contributed by atoms with Crippen molar-refractivity contribution in [2.45, 2.75) is 32.5 Å². The van der Waals surface area contributed by atoms with Crippen molar-refractivity contribution in [1.82, 2.24) is 5.32 Å². The summed E-state index contributed by atoms with van der Waals surface area (Å²) < 4.78 is 5.96. The zero-order valence-electron chi connectivity index (χ0n) is 17.0. The number of amides is 1. The van der Waals surface area contributed by atoms with E-state index in [1.165, 1.54) is 11.1 Å². The van der Waals surface area contributed by atoms with Crippen LogP contribution in [0.1, 0.15) is 23.1 Å². The highest BCUT2D eigenvalue weighted by Crippen LogP contribution is 2.37. The van der Waals surface area contributed by atoms with Gasteiger partial charge in [0.05, 0.1) is 18.2 Å². The van der Waals surface area contributed by atoms with E-state index in [0.717, 1.165) is 17.0 Å². The van der Waals surface area contributed by atoms with Crippen molar-refractivity contribution < 1.29 is 9.53 Å². The van der Waals surface area contributed by atoms with Crippen LogP contribution in [0.4, 0.5) is 5.69 Å². The van der Waals surface area contributed by atoms with Gasteiger partial charge < -0.3 is 15.0 Å². The zero-order chi connectivity index (χ0) is 20.9. The number of nitrogens with one attached hydrogen (secondary N) is 1. The average Bonchev–Trinajstić information content (AvgIpc) is 2.76. The summed E-state index contributed by atoms with van der Waals surface area (Å²) in [7, 11) is 0. The second kappa shape index (κ2) is 9.23. The van der Waals surface area contributed by atoms with Gasteiger partial charge in [-0.05, 0) is 36.2 Å². The molecule has 1 N–H and O–H groups in total. The van der Waals surface area contributed by atoms with Crippen LogP contribution in [0.25, 0.3) is 0 Å². The maximum Gasteiger partial charge on any atom is 0.222 e. The molecule has 0 unspecified atom stereocenters.